The SMILES string of the molecule is COc1ccc2nccc(CCC[C@@H]3CCN(CCCc4cccnc4)C[C@@H]3CCC(=O)O)c2c1. The number of aromatic nitrogens is 2. The summed E-state index contributed by atoms with van der Waals surface area (Å²) < 4.78 is 5.42. The number of ether oxygens (including phenoxy) is 1. The van der Waals surface area contributed by atoms with Crippen molar-refractivity contribution in [2.24, 2.45) is 11.8 Å². The number of piperidine rings is 1. The third-order valence-corrected chi connectivity index (χ3v) is 7.43. The third kappa shape index (κ3) is 7.25. The molecule has 0 radical (unpaired) electrons. The molecule has 1 N–H and O–H groups in total. The maximum absolute atomic E-state index is 11.3. The van der Waals surface area contributed by atoms with Crippen LogP contribution in [-0.4, -0.2) is 52.7 Å². The standard InChI is InChI=1S/C29H37N3O3/c1-35-26-10-11-28-27(19-26)24(13-16-31-28)8-2-7-23-14-18-32(21-25(23)9-12-29(33)34)17-4-6-22-5-3-15-30-20-22/h3,5,10-11,13,15-16,19-20,23,25H,2,4,6-9,12,14,17-18,21H2,1H3,(H,33,34)/t23-,25+/m1/s1. The van der Waals surface area contributed by atoms with Crippen molar-refractivity contribution in [3.8, 4) is 5.75 Å². The monoisotopic (exact) mass is 475 g/mol. The number of aryl methyl sites for hydroxylation is 2. The second kappa shape index (κ2) is 12.6. The average molecular weight is 476 g/mol. The van der Waals surface area contributed by atoms with Crippen LogP contribution in [0.1, 0.15) is 49.7 Å². The molecule has 2 atom stereocenters. The Kier molecular flexibility index (Phi) is 9.07. The zero-order valence-corrected chi connectivity index (χ0v) is 20.7. The summed E-state index contributed by atoms with van der Waals surface area (Å²) in [5.74, 6) is 1.21. The third-order valence-electron chi connectivity index (χ3n) is 7.43. The van der Waals surface area contributed by atoms with Gasteiger partial charge in [0.05, 0.1) is 12.6 Å². The van der Waals surface area contributed by atoms with Gasteiger partial charge in [-0.1, -0.05) is 6.07 Å². The molecule has 1 fully saturated rings. The summed E-state index contributed by atoms with van der Waals surface area (Å²) in [6, 6.07) is 12.3. The maximum Gasteiger partial charge on any atom is 0.303 e. The van der Waals surface area contributed by atoms with Crippen molar-refractivity contribution in [2.45, 2.75) is 51.4 Å². The molecule has 2 aromatic heterocycles. The fraction of sp³-hybridized carbons (Fsp3) is 0.483. The van der Waals surface area contributed by atoms with E-state index in [1.165, 1.54) is 11.1 Å². The molecule has 0 unspecified atom stereocenters. The molecule has 0 aliphatic carbocycles. The van der Waals surface area contributed by atoms with E-state index in [9.17, 15) is 9.90 Å². The fourth-order valence-corrected chi connectivity index (χ4v) is 5.51. The van der Waals surface area contributed by atoms with Crippen LogP contribution in [0.5, 0.6) is 5.75 Å². The summed E-state index contributed by atoms with van der Waals surface area (Å²) in [4.78, 5) is 22.6. The molecule has 1 aliphatic rings. The number of likely N-dealkylation sites (tertiary alicyclic amines) is 1. The van der Waals surface area contributed by atoms with E-state index < -0.39 is 5.97 Å². The van der Waals surface area contributed by atoms with Gasteiger partial charge in [0.2, 0.25) is 0 Å². The molecular formula is C29H37N3O3. The van der Waals surface area contributed by atoms with Crippen molar-refractivity contribution >= 4 is 16.9 Å². The summed E-state index contributed by atoms with van der Waals surface area (Å²) in [6.07, 6.45) is 13.2. The molecule has 186 valence electrons. The summed E-state index contributed by atoms with van der Waals surface area (Å²) >= 11 is 0. The first-order valence-corrected chi connectivity index (χ1v) is 12.9. The lowest BCUT2D eigenvalue weighted by Gasteiger charge is -2.39. The Morgan fingerprint density at radius 2 is 2.03 bits per heavy atom. The van der Waals surface area contributed by atoms with E-state index in [-0.39, 0.29) is 6.42 Å². The highest BCUT2D eigenvalue weighted by molar-refractivity contribution is 5.83. The van der Waals surface area contributed by atoms with E-state index in [0.29, 0.717) is 11.8 Å². The van der Waals surface area contributed by atoms with Crippen molar-refractivity contribution in [2.75, 3.05) is 26.7 Å². The van der Waals surface area contributed by atoms with E-state index in [1.807, 2.05) is 36.8 Å². The van der Waals surface area contributed by atoms with Crippen LogP contribution < -0.4 is 4.74 Å². The number of fused-ring (bicyclic) bond motifs is 1. The number of nitrogens with zero attached hydrogens (tertiary/aromatic N) is 3. The van der Waals surface area contributed by atoms with Crippen LogP contribution in [0.3, 0.4) is 0 Å². The molecule has 6 nitrogen and oxygen atoms in total. The lowest BCUT2D eigenvalue weighted by atomic mass is 9.79. The van der Waals surface area contributed by atoms with Gasteiger partial charge in [-0.15, -0.1) is 0 Å². The summed E-state index contributed by atoms with van der Waals surface area (Å²) in [5.41, 5.74) is 3.59. The van der Waals surface area contributed by atoms with Crippen molar-refractivity contribution < 1.29 is 14.6 Å². The fourth-order valence-electron chi connectivity index (χ4n) is 5.51. The Bertz CT molecular complexity index is 1090. The maximum atomic E-state index is 11.3. The van der Waals surface area contributed by atoms with E-state index in [2.05, 4.69) is 33.1 Å². The Balaban J connectivity index is 1.31. The van der Waals surface area contributed by atoms with E-state index in [4.69, 9.17) is 4.74 Å². The molecule has 0 bridgehead atoms. The van der Waals surface area contributed by atoms with Crippen LogP contribution in [0, 0.1) is 11.8 Å². The molecule has 0 spiro atoms. The minimum atomic E-state index is -0.686. The number of hydrogen-bond donors (Lipinski definition) is 1. The highest BCUT2D eigenvalue weighted by Gasteiger charge is 2.29. The molecule has 3 aromatic rings. The average Bonchev–Trinajstić information content (AvgIpc) is 2.88. The minimum Gasteiger partial charge on any atom is -0.497 e. The predicted molar refractivity (Wildman–Crippen MR) is 139 cm³/mol. The number of aliphatic carboxylic acids is 1. The Morgan fingerprint density at radius 3 is 2.83 bits per heavy atom. The van der Waals surface area contributed by atoms with Crippen LogP contribution in [0.25, 0.3) is 10.9 Å². The van der Waals surface area contributed by atoms with Crippen LogP contribution >= 0.6 is 0 Å². The predicted octanol–water partition coefficient (Wildman–Crippen LogP) is 5.40. The van der Waals surface area contributed by atoms with Crippen LogP contribution in [0.15, 0.2) is 55.0 Å². The molecule has 0 saturated carbocycles. The van der Waals surface area contributed by atoms with Crippen LogP contribution in [-0.2, 0) is 17.6 Å². The molecule has 1 saturated heterocycles. The molecule has 35 heavy (non-hydrogen) atoms. The van der Waals surface area contributed by atoms with Gasteiger partial charge in [-0.3, -0.25) is 14.8 Å². The van der Waals surface area contributed by atoms with Gasteiger partial charge in [0.15, 0.2) is 0 Å². The first kappa shape index (κ1) is 25.1. The van der Waals surface area contributed by atoms with Gasteiger partial charge < -0.3 is 14.7 Å². The zero-order chi connectivity index (χ0) is 24.5. The number of rotatable bonds is 12. The van der Waals surface area contributed by atoms with Gasteiger partial charge in [0.25, 0.3) is 0 Å². The number of hydrogen-bond acceptors (Lipinski definition) is 5. The van der Waals surface area contributed by atoms with E-state index in [1.54, 1.807) is 7.11 Å². The quantitative estimate of drug-likeness (QED) is 0.378. The summed E-state index contributed by atoms with van der Waals surface area (Å²) in [7, 11) is 1.69. The number of carboxylic acid groups (broad SMARTS) is 1. The van der Waals surface area contributed by atoms with Crippen molar-refractivity contribution in [1.29, 1.82) is 0 Å². The zero-order valence-electron chi connectivity index (χ0n) is 20.7. The lowest BCUT2D eigenvalue weighted by Crippen LogP contribution is -2.41. The molecule has 1 aliphatic heterocycles. The Labute approximate surface area is 208 Å². The van der Waals surface area contributed by atoms with Crippen molar-refractivity contribution in [3.05, 3.63) is 66.1 Å². The number of carbonyl (C=O) groups is 1. The molecule has 3 heterocycles. The van der Waals surface area contributed by atoms with E-state index >= 15 is 0 Å². The molecular weight excluding hydrogens is 438 g/mol. The summed E-state index contributed by atoms with van der Waals surface area (Å²) in [6.45, 7) is 3.19. The first-order valence-electron chi connectivity index (χ1n) is 12.9. The highest BCUT2D eigenvalue weighted by Crippen LogP contribution is 2.32. The first-order chi connectivity index (χ1) is 17.1. The molecule has 4 rings (SSSR count). The van der Waals surface area contributed by atoms with Crippen molar-refractivity contribution in [3.63, 3.8) is 0 Å². The molecule has 0 amide bonds. The van der Waals surface area contributed by atoms with Gasteiger partial charge in [-0.2, -0.15) is 0 Å². The van der Waals surface area contributed by atoms with Gasteiger partial charge in [0, 0.05) is 36.9 Å². The number of methoxy groups -OCH3 is 1. The second-order valence-electron chi connectivity index (χ2n) is 9.75. The normalized spacial score (nSPS) is 18.5. The van der Waals surface area contributed by atoms with Crippen LogP contribution in [0.4, 0.5) is 0 Å². The molecule has 1 aromatic carbocycles. The smallest absolute Gasteiger partial charge is 0.303 e. The van der Waals surface area contributed by atoms with Gasteiger partial charge in [-0.05, 0) is 111 Å². The van der Waals surface area contributed by atoms with E-state index in [0.717, 1.165) is 81.2 Å². The highest BCUT2D eigenvalue weighted by atomic mass is 16.5. The van der Waals surface area contributed by atoms with Crippen LogP contribution in [0.2, 0.25) is 0 Å². The number of benzene rings is 1. The summed E-state index contributed by atoms with van der Waals surface area (Å²) in [5, 5.41) is 10.5. The topological polar surface area (TPSA) is 75.5 Å². The largest absolute Gasteiger partial charge is 0.497 e. The second-order valence-corrected chi connectivity index (χ2v) is 9.75. The Hall–Kier alpha value is -2.99. The number of carboxylic acids is 1. The van der Waals surface area contributed by atoms with Gasteiger partial charge in [-0.25, -0.2) is 0 Å². The van der Waals surface area contributed by atoms with Crippen molar-refractivity contribution in [1.82, 2.24) is 14.9 Å². The Morgan fingerprint density at radius 1 is 1.11 bits per heavy atom. The molecule has 6 heteroatoms. The minimum absolute atomic E-state index is 0.263. The van der Waals surface area contributed by atoms with Gasteiger partial charge in [0.1, 0.15) is 5.75 Å². The van der Waals surface area contributed by atoms with Gasteiger partial charge >= 0.3 is 5.97 Å². The lowest BCUT2D eigenvalue weighted by molar-refractivity contribution is -0.137. The number of pyridine rings is 2.